The summed E-state index contributed by atoms with van der Waals surface area (Å²) in [5.74, 6) is 0.907. The fourth-order valence-corrected chi connectivity index (χ4v) is 2.83. The highest BCUT2D eigenvalue weighted by atomic mass is 16.2. The Hall–Kier alpha value is -2.36. The monoisotopic (exact) mass is 309 g/mol. The lowest BCUT2D eigenvalue weighted by Crippen LogP contribution is -2.28. The molecule has 1 aliphatic carbocycles. The number of aryl methyl sites for hydroxylation is 1. The van der Waals surface area contributed by atoms with Gasteiger partial charge in [-0.25, -0.2) is 4.98 Å². The van der Waals surface area contributed by atoms with Gasteiger partial charge in [0.2, 0.25) is 5.91 Å². The molecule has 1 fully saturated rings. The van der Waals surface area contributed by atoms with Crippen molar-refractivity contribution in [3.63, 3.8) is 0 Å². The van der Waals surface area contributed by atoms with Crippen LogP contribution in [0.2, 0.25) is 0 Å². The number of pyridine rings is 1. The third-order valence-corrected chi connectivity index (χ3v) is 4.42. The van der Waals surface area contributed by atoms with Crippen molar-refractivity contribution in [3.05, 3.63) is 48.2 Å². The lowest BCUT2D eigenvalue weighted by atomic mass is 9.85. The van der Waals surface area contributed by atoms with E-state index in [1.807, 2.05) is 18.3 Å². The maximum Gasteiger partial charge on any atom is 0.228 e. The van der Waals surface area contributed by atoms with Crippen LogP contribution in [0.25, 0.3) is 0 Å². The lowest BCUT2D eigenvalue weighted by Gasteiger charge is -2.25. The van der Waals surface area contributed by atoms with Crippen molar-refractivity contribution in [2.45, 2.75) is 33.1 Å². The van der Waals surface area contributed by atoms with Crippen LogP contribution in [0.1, 0.15) is 31.7 Å². The average molecular weight is 309 g/mol. The molecular formula is C19H23N3O. The Balaban J connectivity index is 1.73. The predicted molar refractivity (Wildman–Crippen MR) is 94.1 cm³/mol. The van der Waals surface area contributed by atoms with Gasteiger partial charge in [0.1, 0.15) is 5.82 Å². The summed E-state index contributed by atoms with van der Waals surface area (Å²) in [4.78, 5) is 18.6. The number of hydrogen-bond acceptors (Lipinski definition) is 3. The Kier molecular flexibility index (Phi) is 4.60. The van der Waals surface area contributed by atoms with Crippen LogP contribution in [0.3, 0.4) is 0 Å². The van der Waals surface area contributed by atoms with E-state index in [1.165, 1.54) is 5.56 Å². The van der Waals surface area contributed by atoms with Gasteiger partial charge >= 0.3 is 0 Å². The molecule has 0 spiro atoms. The standard InChI is InChI=1S/C19H23N3O/c1-3-22(16-9-4-6-14(2)12-16)17-10-11-18(20-13-17)21-19(23)15-7-5-8-15/h4,6,9-13,15H,3,5,7-8H2,1-2H3,(H,20,21,23). The van der Waals surface area contributed by atoms with E-state index < -0.39 is 0 Å². The molecular weight excluding hydrogens is 286 g/mol. The molecule has 1 saturated carbocycles. The number of benzene rings is 1. The van der Waals surface area contributed by atoms with E-state index in [4.69, 9.17) is 0 Å². The van der Waals surface area contributed by atoms with Gasteiger partial charge in [0.15, 0.2) is 0 Å². The van der Waals surface area contributed by atoms with Crippen LogP contribution in [-0.4, -0.2) is 17.4 Å². The zero-order valence-corrected chi connectivity index (χ0v) is 13.7. The minimum absolute atomic E-state index is 0.0996. The van der Waals surface area contributed by atoms with Gasteiger partial charge in [-0.2, -0.15) is 0 Å². The maximum atomic E-state index is 12.0. The first-order valence-electron chi connectivity index (χ1n) is 8.28. The van der Waals surface area contributed by atoms with Crippen LogP contribution in [0, 0.1) is 12.8 Å². The Bertz CT molecular complexity index is 677. The topological polar surface area (TPSA) is 45.2 Å². The van der Waals surface area contributed by atoms with E-state index in [-0.39, 0.29) is 11.8 Å². The van der Waals surface area contributed by atoms with Gasteiger partial charge in [-0.15, -0.1) is 0 Å². The molecule has 0 unspecified atom stereocenters. The summed E-state index contributed by atoms with van der Waals surface area (Å²) in [5.41, 5.74) is 3.42. The molecule has 0 atom stereocenters. The number of rotatable bonds is 5. The van der Waals surface area contributed by atoms with Crippen molar-refractivity contribution in [2.75, 3.05) is 16.8 Å². The van der Waals surface area contributed by atoms with Crippen molar-refractivity contribution in [2.24, 2.45) is 5.92 Å². The van der Waals surface area contributed by atoms with Gasteiger partial charge in [0.05, 0.1) is 11.9 Å². The largest absolute Gasteiger partial charge is 0.341 e. The van der Waals surface area contributed by atoms with Gasteiger partial charge in [-0.1, -0.05) is 18.6 Å². The molecule has 1 amide bonds. The van der Waals surface area contributed by atoms with E-state index in [2.05, 4.69) is 53.3 Å². The minimum atomic E-state index is 0.0996. The fraction of sp³-hybridized carbons (Fsp3) is 0.368. The molecule has 0 radical (unpaired) electrons. The quantitative estimate of drug-likeness (QED) is 0.896. The van der Waals surface area contributed by atoms with Crippen LogP contribution in [0.15, 0.2) is 42.6 Å². The molecule has 0 bridgehead atoms. The maximum absolute atomic E-state index is 12.0. The Morgan fingerprint density at radius 2 is 2.09 bits per heavy atom. The summed E-state index contributed by atoms with van der Waals surface area (Å²) in [6.07, 6.45) is 4.98. The minimum Gasteiger partial charge on any atom is -0.341 e. The molecule has 1 N–H and O–H groups in total. The molecule has 0 saturated heterocycles. The number of carbonyl (C=O) groups excluding carboxylic acids is 1. The van der Waals surface area contributed by atoms with Gasteiger partial charge in [-0.3, -0.25) is 4.79 Å². The van der Waals surface area contributed by atoms with Gasteiger partial charge in [0.25, 0.3) is 0 Å². The first-order valence-corrected chi connectivity index (χ1v) is 8.28. The molecule has 0 aliphatic heterocycles. The molecule has 4 heteroatoms. The second kappa shape index (κ2) is 6.82. The van der Waals surface area contributed by atoms with Crippen molar-refractivity contribution in [3.8, 4) is 0 Å². The summed E-state index contributed by atoms with van der Waals surface area (Å²) >= 11 is 0. The van der Waals surface area contributed by atoms with Crippen LogP contribution >= 0.6 is 0 Å². The molecule has 120 valence electrons. The SMILES string of the molecule is CCN(c1ccc(NC(=O)C2CCC2)nc1)c1cccc(C)c1. The van der Waals surface area contributed by atoms with Gasteiger partial charge in [0, 0.05) is 18.2 Å². The highest BCUT2D eigenvalue weighted by Crippen LogP contribution is 2.28. The van der Waals surface area contributed by atoms with Gasteiger partial charge in [-0.05, 0) is 56.5 Å². The summed E-state index contributed by atoms with van der Waals surface area (Å²) < 4.78 is 0. The Morgan fingerprint density at radius 3 is 2.65 bits per heavy atom. The Labute approximate surface area is 137 Å². The highest BCUT2D eigenvalue weighted by Gasteiger charge is 2.25. The van der Waals surface area contributed by atoms with E-state index >= 15 is 0 Å². The molecule has 3 rings (SSSR count). The third-order valence-electron chi connectivity index (χ3n) is 4.42. The van der Waals surface area contributed by atoms with E-state index in [1.54, 1.807) is 0 Å². The molecule has 1 aliphatic rings. The van der Waals surface area contributed by atoms with E-state index in [9.17, 15) is 4.79 Å². The first-order chi connectivity index (χ1) is 11.2. The van der Waals surface area contributed by atoms with Crippen molar-refractivity contribution < 1.29 is 4.79 Å². The van der Waals surface area contributed by atoms with E-state index in [0.29, 0.717) is 5.82 Å². The summed E-state index contributed by atoms with van der Waals surface area (Å²) in [6, 6.07) is 12.3. The zero-order chi connectivity index (χ0) is 16.2. The second-order valence-corrected chi connectivity index (χ2v) is 6.10. The number of amides is 1. The van der Waals surface area contributed by atoms with Crippen LogP contribution in [0.4, 0.5) is 17.2 Å². The smallest absolute Gasteiger partial charge is 0.228 e. The molecule has 1 aromatic carbocycles. The highest BCUT2D eigenvalue weighted by molar-refractivity contribution is 5.92. The molecule has 1 aromatic heterocycles. The summed E-state index contributed by atoms with van der Waals surface area (Å²) in [6.45, 7) is 5.07. The lowest BCUT2D eigenvalue weighted by molar-refractivity contribution is -0.122. The van der Waals surface area contributed by atoms with Gasteiger partial charge < -0.3 is 10.2 Å². The molecule has 2 aromatic rings. The van der Waals surface area contributed by atoms with Crippen molar-refractivity contribution >= 4 is 23.1 Å². The Morgan fingerprint density at radius 1 is 1.26 bits per heavy atom. The number of aromatic nitrogens is 1. The number of nitrogens with one attached hydrogen (secondary N) is 1. The molecule has 23 heavy (non-hydrogen) atoms. The number of carbonyl (C=O) groups is 1. The number of nitrogens with zero attached hydrogens (tertiary/aromatic N) is 2. The first kappa shape index (κ1) is 15.5. The molecule has 4 nitrogen and oxygen atoms in total. The molecule has 1 heterocycles. The van der Waals surface area contributed by atoms with Crippen molar-refractivity contribution in [1.82, 2.24) is 4.98 Å². The number of anilines is 3. The van der Waals surface area contributed by atoms with Crippen LogP contribution in [-0.2, 0) is 4.79 Å². The normalized spacial score (nSPS) is 14.2. The van der Waals surface area contributed by atoms with Crippen LogP contribution in [0.5, 0.6) is 0 Å². The third kappa shape index (κ3) is 3.52. The summed E-state index contributed by atoms with van der Waals surface area (Å²) in [7, 11) is 0. The zero-order valence-electron chi connectivity index (χ0n) is 13.7. The summed E-state index contributed by atoms with van der Waals surface area (Å²) in [5, 5.41) is 2.91. The van der Waals surface area contributed by atoms with Crippen LogP contribution < -0.4 is 10.2 Å². The average Bonchev–Trinajstić information content (AvgIpc) is 2.48. The number of hydrogen-bond donors (Lipinski definition) is 1. The predicted octanol–water partition coefficient (Wildman–Crippen LogP) is 4.29. The fourth-order valence-electron chi connectivity index (χ4n) is 2.83. The van der Waals surface area contributed by atoms with E-state index in [0.717, 1.165) is 37.2 Å². The second-order valence-electron chi connectivity index (χ2n) is 6.10. The van der Waals surface area contributed by atoms with Crippen molar-refractivity contribution in [1.29, 1.82) is 0 Å².